The minimum Gasteiger partial charge on any atom is -0.507 e. The number of pyridine rings is 2. The number of hydrogen-bond donors (Lipinski definition) is 2. The van der Waals surface area contributed by atoms with E-state index < -0.39 is 0 Å². The molecule has 4 nitrogen and oxygen atoms in total. The lowest BCUT2D eigenvalue weighted by molar-refractivity contribution is 0.514. The molecule has 0 saturated heterocycles. The molecular formula is C26H20N2O2. The topological polar surface area (TPSA) is 66.2 Å². The third-order valence-electron chi connectivity index (χ3n) is 4.51. The molecule has 2 N–H and O–H groups in total. The van der Waals surface area contributed by atoms with Gasteiger partial charge in [-0.3, -0.25) is 0 Å². The number of aliphatic hydroxyl groups is 2. The summed E-state index contributed by atoms with van der Waals surface area (Å²) >= 11 is 0. The molecule has 4 aromatic rings. The average molecular weight is 392 g/mol. The monoisotopic (exact) mass is 392 g/mol. The van der Waals surface area contributed by atoms with Crippen molar-refractivity contribution in [3.05, 3.63) is 120 Å². The predicted molar refractivity (Wildman–Crippen MR) is 121 cm³/mol. The van der Waals surface area contributed by atoms with Crippen LogP contribution in [0.2, 0.25) is 0 Å². The highest BCUT2D eigenvalue weighted by molar-refractivity contribution is 5.77. The van der Waals surface area contributed by atoms with Crippen LogP contribution in [0.4, 0.5) is 0 Å². The van der Waals surface area contributed by atoms with E-state index in [0.29, 0.717) is 22.8 Å². The lowest BCUT2D eigenvalue weighted by Gasteiger charge is -2.05. The highest BCUT2D eigenvalue weighted by atomic mass is 16.3. The molecule has 30 heavy (non-hydrogen) atoms. The second-order valence-electron chi connectivity index (χ2n) is 6.69. The average Bonchev–Trinajstić information content (AvgIpc) is 2.80. The first kappa shape index (κ1) is 19.2. The van der Waals surface area contributed by atoms with Crippen LogP contribution in [0.15, 0.2) is 97.1 Å². The van der Waals surface area contributed by atoms with E-state index in [4.69, 9.17) is 0 Å². The third-order valence-corrected chi connectivity index (χ3v) is 4.51. The Kier molecular flexibility index (Phi) is 5.67. The Morgan fingerprint density at radius 3 is 1.30 bits per heavy atom. The third kappa shape index (κ3) is 4.62. The molecule has 0 amide bonds. The van der Waals surface area contributed by atoms with Crippen molar-refractivity contribution in [1.29, 1.82) is 0 Å². The molecular weight excluding hydrogens is 372 g/mol. The van der Waals surface area contributed by atoms with Crippen molar-refractivity contribution in [3.8, 4) is 11.4 Å². The zero-order chi connectivity index (χ0) is 20.8. The molecule has 0 aliphatic rings. The van der Waals surface area contributed by atoms with Crippen LogP contribution in [0.5, 0.6) is 0 Å². The summed E-state index contributed by atoms with van der Waals surface area (Å²) < 4.78 is 0. The van der Waals surface area contributed by atoms with E-state index in [-0.39, 0.29) is 11.5 Å². The molecule has 0 spiro atoms. The number of aromatic nitrogens is 2. The van der Waals surface area contributed by atoms with Crippen molar-refractivity contribution in [2.45, 2.75) is 0 Å². The van der Waals surface area contributed by atoms with Crippen LogP contribution >= 0.6 is 0 Å². The van der Waals surface area contributed by atoms with Crippen LogP contribution < -0.4 is 0 Å². The van der Waals surface area contributed by atoms with E-state index in [1.54, 1.807) is 12.2 Å². The van der Waals surface area contributed by atoms with Gasteiger partial charge in [0.2, 0.25) is 0 Å². The summed E-state index contributed by atoms with van der Waals surface area (Å²) in [6.07, 6.45) is 3.26. The first-order valence-electron chi connectivity index (χ1n) is 9.56. The number of aliphatic hydroxyl groups excluding tert-OH is 2. The van der Waals surface area contributed by atoms with Gasteiger partial charge in [-0.05, 0) is 24.3 Å². The fourth-order valence-corrected chi connectivity index (χ4v) is 3.01. The molecule has 0 atom stereocenters. The van der Waals surface area contributed by atoms with Crippen LogP contribution in [0.25, 0.3) is 35.1 Å². The van der Waals surface area contributed by atoms with Crippen molar-refractivity contribution in [3.63, 3.8) is 0 Å². The minimum atomic E-state index is 0.151. The normalized spacial score (nSPS) is 12.0. The largest absolute Gasteiger partial charge is 0.507 e. The zero-order valence-electron chi connectivity index (χ0n) is 16.2. The number of benzene rings is 2. The molecule has 2 aromatic heterocycles. The van der Waals surface area contributed by atoms with Crippen molar-refractivity contribution in [1.82, 2.24) is 9.97 Å². The molecule has 4 heteroatoms. The van der Waals surface area contributed by atoms with Crippen LogP contribution in [-0.2, 0) is 0 Å². The molecule has 0 radical (unpaired) electrons. The van der Waals surface area contributed by atoms with Crippen LogP contribution in [-0.4, -0.2) is 20.2 Å². The maximum atomic E-state index is 10.4. The lowest BCUT2D eigenvalue weighted by atomic mass is 10.1. The Balaban J connectivity index is 1.62. The van der Waals surface area contributed by atoms with E-state index in [0.717, 1.165) is 11.1 Å². The van der Waals surface area contributed by atoms with E-state index in [2.05, 4.69) is 9.97 Å². The molecule has 4 rings (SSSR count). The first-order chi connectivity index (χ1) is 14.7. The molecule has 2 aromatic carbocycles. The fourth-order valence-electron chi connectivity index (χ4n) is 3.01. The molecule has 146 valence electrons. The Labute approximate surface area is 175 Å². The van der Waals surface area contributed by atoms with Gasteiger partial charge < -0.3 is 10.2 Å². The molecule has 0 unspecified atom stereocenters. The highest BCUT2D eigenvalue weighted by Gasteiger charge is 2.05. The van der Waals surface area contributed by atoms with Gasteiger partial charge in [-0.15, -0.1) is 0 Å². The minimum absolute atomic E-state index is 0.151. The smallest absolute Gasteiger partial charge is 0.124 e. The highest BCUT2D eigenvalue weighted by Crippen LogP contribution is 2.20. The maximum absolute atomic E-state index is 10.4. The maximum Gasteiger partial charge on any atom is 0.124 e. The van der Waals surface area contributed by atoms with Gasteiger partial charge in [-0.25, -0.2) is 9.97 Å². The SMILES string of the molecule is OC(=Cc1cccc(-c2cccc(C=C(O)c3ccccc3)n2)n1)c1ccccc1. The fraction of sp³-hybridized carbons (Fsp3) is 0. The zero-order valence-corrected chi connectivity index (χ0v) is 16.2. The predicted octanol–water partition coefficient (Wildman–Crippen LogP) is 6.26. The van der Waals surface area contributed by atoms with Crippen LogP contribution in [0.1, 0.15) is 22.5 Å². The van der Waals surface area contributed by atoms with Gasteiger partial charge in [0, 0.05) is 23.3 Å². The summed E-state index contributed by atoms with van der Waals surface area (Å²) in [6.45, 7) is 0. The molecule has 0 saturated carbocycles. The Bertz CT molecular complexity index is 1100. The summed E-state index contributed by atoms with van der Waals surface area (Å²) in [5.41, 5.74) is 4.07. The van der Waals surface area contributed by atoms with Gasteiger partial charge in [0.25, 0.3) is 0 Å². The summed E-state index contributed by atoms with van der Waals surface area (Å²) in [6, 6.07) is 29.8. The Hall–Kier alpha value is -4.18. The van der Waals surface area contributed by atoms with Crippen LogP contribution in [0, 0.1) is 0 Å². The van der Waals surface area contributed by atoms with Crippen molar-refractivity contribution < 1.29 is 10.2 Å². The van der Waals surface area contributed by atoms with Gasteiger partial charge in [0.05, 0.1) is 22.8 Å². The van der Waals surface area contributed by atoms with E-state index >= 15 is 0 Å². The second kappa shape index (κ2) is 8.88. The summed E-state index contributed by atoms with van der Waals surface area (Å²) in [5.74, 6) is 0.301. The summed E-state index contributed by atoms with van der Waals surface area (Å²) in [5, 5.41) is 20.7. The number of rotatable bonds is 5. The van der Waals surface area contributed by atoms with Gasteiger partial charge >= 0.3 is 0 Å². The Morgan fingerprint density at radius 2 is 0.900 bits per heavy atom. The van der Waals surface area contributed by atoms with Crippen molar-refractivity contribution in [2.75, 3.05) is 0 Å². The quantitative estimate of drug-likeness (QED) is 0.394. The summed E-state index contributed by atoms with van der Waals surface area (Å²) in [4.78, 5) is 9.21. The van der Waals surface area contributed by atoms with Crippen molar-refractivity contribution >= 4 is 23.7 Å². The van der Waals surface area contributed by atoms with Gasteiger partial charge in [-0.2, -0.15) is 0 Å². The molecule has 0 fully saturated rings. The van der Waals surface area contributed by atoms with Gasteiger partial charge in [-0.1, -0.05) is 72.8 Å². The van der Waals surface area contributed by atoms with Crippen molar-refractivity contribution in [2.24, 2.45) is 0 Å². The van der Waals surface area contributed by atoms with Gasteiger partial charge in [0.1, 0.15) is 11.5 Å². The molecule has 0 bridgehead atoms. The number of nitrogens with zero attached hydrogens (tertiary/aromatic N) is 2. The second-order valence-corrected chi connectivity index (χ2v) is 6.69. The summed E-state index contributed by atoms with van der Waals surface area (Å²) in [7, 11) is 0. The number of hydrogen-bond acceptors (Lipinski definition) is 4. The lowest BCUT2D eigenvalue weighted by Crippen LogP contribution is -1.92. The van der Waals surface area contributed by atoms with Gasteiger partial charge in [0.15, 0.2) is 0 Å². The Morgan fingerprint density at radius 1 is 0.500 bits per heavy atom. The standard InChI is InChI=1S/C26H20N2O2/c29-25(19-9-3-1-4-10-19)17-21-13-7-15-23(27-21)24-16-8-14-22(28-24)18-26(30)20-11-5-2-6-12-20/h1-18,29-30H. The van der Waals surface area contributed by atoms with Crippen LogP contribution in [0.3, 0.4) is 0 Å². The first-order valence-corrected chi connectivity index (χ1v) is 9.56. The van der Waals surface area contributed by atoms with E-state index in [1.165, 1.54) is 0 Å². The van der Waals surface area contributed by atoms with E-state index in [9.17, 15) is 10.2 Å². The molecule has 0 aliphatic carbocycles. The van der Waals surface area contributed by atoms with E-state index in [1.807, 2.05) is 97.1 Å². The molecule has 0 aliphatic heterocycles. The molecule has 2 heterocycles.